The Hall–Kier alpha value is -4.61. The van der Waals surface area contributed by atoms with Crippen molar-refractivity contribution < 1.29 is 19.2 Å². The van der Waals surface area contributed by atoms with Crippen LogP contribution in [0, 0.1) is 6.92 Å². The monoisotopic (exact) mass is 518 g/mol. The molecule has 1 fully saturated rings. The van der Waals surface area contributed by atoms with Crippen LogP contribution in [0.1, 0.15) is 45.1 Å². The van der Waals surface area contributed by atoms with Gasteiger partial charge in [0, 0.05) is 38.4 Å². The SMILES string of the molecule is Cc1cc(C(=O)N2CCC(NC(=O)c3cnccn3)CC2C(=O)NC(Cc2ccccc2)C(N)=O)n(C)n1. The van der Waals surface area contributed by atoms with Gasteiger partial charge in [0.25, 0.3) is 11.8 Å². The summed E-state index contributed by atoms with van der Waals surface area (Å²) in [4.78, 5) is 61.3. The minimum Gasteiger partial charge on any atom is -0.368 e. The molecule has 3 unspecified atom stereocenters. The van der Waals surface area contributed by atoms with Gasteiger partial charge < -0.3 is 21.3 Å². The van der Waals surface area contributed by atoms with Crippen molar-refractivity contribution in [2.45, 2.75) is 44.3 Å². The normalized spacial score (nSPS) is 17.9. The molecule has 1 aromatic carbocycles. The molecule has 4 N–H and O–H groups in total. The third kappa shape index (κ3) is 6.20. The molecule has 1 saturated heterocycles. The van der Waals surface area contributed by atoms with E-state index in [1.165, 1.54) is 28.2 Å². The maximum Gasteiger partial charge on any atom is 0.272 e. The molecular formula is C26H30N8O4. The molecule has 3 heterocycles. The number of hydrogen-bond donors (Lipinski definition) is 3. The molecule has 198 valence electrons. The predicted octanol–water partition coefficient (Wildman–Crippen LogP) is 0.135. The van der Waals surface area contributed by atoms with Crippen molar-refractivity contribution in [2.75, 3.05) is 6.54 Å². The average molecular weight is 519 g/mol. The summed E-state index contributed by atoms with van der Waals surface area (Å²) in [7, 11) is 1.66. The zero-order valence-corrected chi connectivity index (χ0v) is 21.2. The second kappa shape index (κ2) is 11.6. The molecule has 0 saturated carbocycles. The Morgan fingerprint density at radius 3 is 2.55 bits per heavy atom. The third-order valence-corrected chi connectivity index (χ3v) is 6.46. The van der Waals surface area contributed by atoms with Gasteiger partial charge in [0.15, 0.2) is 0 Å². The standard InChI is InChI=1S/C26H30N8O4/c1-16-12-22(33(2)32-16)26(38)34-11-8-18(30-24(36)20-15-28-9-10-29-20)14-21(34)25(37)31-19(23(27)35)13-17-6-4-3-5-7-17/h3-7,9-10,12,15,18-19,21H,8,11,13-14H2,1-2H3,(H2,27,35)(H,30,36)(H,31,37). The molecule has 0 spiro atoms. The van der Waals surface area contributed by atoms with E-state index in [1.54, 1.807) is 20.0 Å². The molecule has 12 nitrogen and oxygen atoms in total. The lowest BCUT2D eigenvalue weighted by Gasteiger charge is -2.39. The lowest BCUT2D eigenvalue weighted by atomic mass is 9.95. The number of aromatic nitrogens is 4. The molecule has 2 aromatic heterocycles. The van der Waals surface area contributed by atoms with Crippen LogP contribution in [0.15, 0.2) is 55.0 Å². The molecule has 3 atom stereocenters. The summed E-state index contributed by atoms with van der Waals surface area (Å²) in [5, 5.41) is 9.85. The number of likely N-dealkylation sites (tertiary alicyclic amines) is 1. The Morgan fingerprint density at radius 1 is 1.16 bits per heavy atom. The van der Waals surface area contributed by atoms with Crippen LogP contribution < -0.4 is 16.4 Å². The summed E-state index contributed by atoms with van der Waals surface area (Å²) in [6.07, 6.45) is 4.99. The fourth-order valence-electron chi connectivity index (χ4n) is 4.56. The number of primary amides is 1. The van der Waals surface area contributed by atoms with Gasteiger partial charge in [0.2, 0.25) is 11.8 Å². The van der Waals surface area contributed by atoms with E-state index in [4.69, 9.17) is 5.73 Å². The second-order valence-electron chi connectivity index (χ2n) is 9.25. The minimum absolute atomic E-state index is 0.136. The molecule has 0 aliphatic carbocycles. The Bertz CT molecular complexity index is 1310. The van der Waals surface area contributed by atoms with Crippen LogP contribution in [-0.4, -0.2) is 72.9 Å². The smallest absolute Gasteiger partial charge is 0.272 e. The van der Waals surface area contributed by atoms with Crippen molar-refractivity contribution in [3.63, 3.8) is 0 Å². The van der Waals surface area contributed by atoms with Gasteiger partial charge in [-0.3, -0.25) is 28.8 Å². The molecule has 12 heteroatoms. The molecule has 4 rings (SSSR count). The highest BCUT2D eigenvalue weighted by Gasteiger charge is 2.39. The van der Waals surface area contributed by atoms with Crippen LogP contribution in [0.5, 0.6) is 0 Å². The van der Waals surface area contributed by atoms with Gasteiger partial charge in [-0.25, -0.2) is 4.98 Å². The molecule has 0 radical (unpaired) electrons. The van der Waals surface area contributed by atoms with Gasteiger partial charge in [-0.2, -0.15) is 5.10 Å². The lowest BCUT2D eigenvalue weighted by molar-refractivity contribution is -0.131. The van der Waals surface area contributed by atoms with Gasteiger partial charge in [0.1, 0.15) is 23.5 Å². The Labute approximate surface area is 219 Å². The first-order valence-electron chi connectivity index (χ1n) is 12.2. The average Bonchev–Trinajstić information content (AvgIpc) is 3.26. The fraction of sp³-hybridized carbons (Fsp3) is 0.346. The van der Waals surface area contributed by atoms with E-state index in [2.05, 4.69) is 25.7 Å². The highest BCUT2D eigenvalue weighted by Crippen LogP contribution is 2.22. The van der Waals surface area contributed by atoms with Crippen LogP contribution in [0.25, 0.3) is 0 Å². The van der Waals surface area contributed by atoms with E-state index >= 15 is 0 Å². The number of carbonyl (C=O) groups excluding carboxylic acids is 4. The zero-order valence-electron chi connectivity index (χ0n) is 21.2. The quantitative estimate of drug-likeness (QED) is 0.381. The second-order valence-corrected chi connectivity index (χ2v) is 9.25. The van der Waals surface area contributed by atoms with Crippen LogP contribution in [-0.2, 0) is 23.1 Å². The third-order valence-electron chi connectivity index (χ3n) is 6.46. The van der Waals surface area contributed by atoms with E-state index in [0.717, 1.165) is 5.56 Å². The van der Waals surface area contributed by atoms with Gasteiger partial charge in [-0.05, 0) is 31.4 Å². The molecule has 3 aromatic rings. The van der Waals surface area contributed by atoms with Crippen molar-refractivity contribution in [1.29, 1.82) is 0 Å². The first kappa shape index (κ1) is 26.5. The Balaban J connectivity index is 1.55. The number of nitrogens with zero attached hydrogens (tertiary/aromatic N) is 5. The highest BCUT2D eigenvalue weighted by atomic mass is 16.2. The van der Waals surface area contributed by atoms with Gasteiger partial charge >= 0.3 is 0 Å². The molecule has 0 bridgehead atoms. The summed E-state index contributed by atoms with van der Waals surface area (Å²) < 4.78 is 1.47. The van der Waals surface area contributed by atoms with Crippen molar-refractivity contribution in [3.8, 4) is 0 Å². The van der Waals surface area contributed by atoms with E-state index in [9.17, 15) is 19.2 Å². The van der Waals surface area contributed by atoms with E-state index in [1.807, 2.05) is 30.3 Å². The zero-order chi connectivity index (χ0) is 27.2. The van der Waals surface area contributed by atoms with Crippen molar-refractivity contribution in [3.05, 3.63) is 77.6 Å². The van der Waals surface area contributed by atoms with Crippen LogP contribution >= 0.6 is 0 Å². The van der Waals surface area contributed by atoms with Crippen LogP contribution in [0.3, 0.4) is 0 Å². The van der Waals surface area contributed by atoms with Gasteiger partial charge in [-0.15, -0.1) is 0 Å². The largest absolute Gasteiger partial charge is 0.368 e. The fourth-order valence-corrected chi connectivity index (χ4v) is 4.56. The Kier molecular flexibility index (Phi) is 8.09. The number of aryl methyl sites for hydroxylation is 2. The van der Waals surface area contributed by atoms with Crippen LogP contribution in [0.4, 0.5) is 0 Å². The first-order chi connectivity index (χ1) is 18.2. The summed E-state index contributed by atoms with van der Waals surface area (Å²) in [5.74, 6) is -2.02. The number of rotatable bonds is 8. The maximum atomic E-state index is 13.6. The van der Waals surface area contributed by atoms with E-state index in [-0.39, 0.29) is 31.0 Å². The summed E-state index contributed by atoms with van der Waals surface area (Å²) in [5.41, 5.74) is 7.58. The number of amides is 4. The van der Waals surface area contributed by atoms with Gasteiger partial charge in [-0.1, -0.05) is 30.3 Å². The number of nitrogens with one attached hydrogen (secondary N) is 2. The minimum atomic E-state index is -0.977. The molecule has 38 heavy (non-hydrogen) atoms. The first-order valence-corrected chi connectivity index (χ1v) is 12.2. The summed E-state index contributed by atoms with van der Waals surface area (Å²) in [6.45, 7) is 1.97. The molecular weight excluding hydrogens is 488 g/mol. The van der Waals surface area contributed by atoms with Crippen molar-refractivity contribution in [1.82, 2.24) is 35.3 Å². The predicted molar refractivity (Wildman–Crippen MR) is 137 cm³/mol. The van der Waals surface area contributed by atoms with Gasteiger partial charge in [0.05, 0.1) is 11.9 Å². The molecule has 1 aliphatic rings. The maximum absolute atomic E-state index is 13.6. The number of benzene rings is 1. The number of piperidine rings is 1. The highest BCUT2D eigenvalue weighted by molar-refractivity contribution is 5.98. The molecule has 4 amide bonds. The van der Waals surface area contributed by atoms with Crippen molar-refractivity contribution >= 4 is 23.6 Å². The number of nitrogens with two attached hydrogens (primary N) is 1. The topological polar surface area (TPSA) is 165 Å². The van der Waals surface area contributed by atoms with E-state index in [0.29, 0.717) is 17.8 Å². The lowest BCUT2D eigenvalue weighted by Crippen LogP contribution is -2.60. The molecule has 1 aliphatic heterocycles. The van der Waals surface area contributed by atoms with Crippen molar-refractivity contribution in [2.24, 2.45) is 12.8 Å². The summed E-state index contributed by atoms with van der Waals surface area (Å²) >= 11 is 0. The van der Waals surface area contributed by atoms with E-state index < -0.39 is 35.8 Å². The van der Waals surface area contributed by atoms with Crippen LogP contribution in [0.2, 0.25) is 0 Å². The summed E-state index contributed by atoms with van der Waals surface area (Å²) in [6, 6.07) is 8.48. The number of hydrogen-bond acceptors (Lipinski definition) is 7. The number of carbonyl (C=O) groups is 4. The Morgan fingerprint density at radius 2 is 1.92 bits per heavy atom.